The maximum atomic E-state index is 12.4. The maximum absolute atomic E-state index is 12.4. The Hall–Kier alpha value is -1.74. The summed E-state index contributed by atoms with van der Waals surface area (Å²) in [5.41, 5.74) is -1.83. The minimum Gasteiger partial charge on any atom is -0.468 e. The zero-order chi connectivity index (χ0) is 14.8. The Balaban J connectivity index is 0.00000361. The molecule has 0 aliphatic carbocycles. The van der Waals surface area contributed by atoms with E-state index in [0.29, 0.717) is 5.01 Å². The second-order valence-electron chi connectivity index (χ2n) is 3.60. The van der Waals surface area contributed by atoms with Crippen LogP contribution in [0.3, 0.4) is 0 Å². The number of nitrogens with zero attached hydrogens (tertiary/aromatic N) is 2. The molecule has 1 aliphatic heterocycles. The van der Waals surface area contributed by atoms with E-state index >= 15 is 0 Å². The molecular weight excluding hydrogens is 294 g/mol. The third-order valence-corrected chi connectivity index (χ3v) is 2.04. The van der Waals surface area contributed by atoms with Gasteiger partial charge in [0.1, 0.15) is 5.71 Å². The summed E-state index contributed by atoms with van der Waals surface area (Å²) in [6.45, 7) is -1.72. The summed E-state index contributed by atoms with van der Waals surface area (Å²) in [6.07, 6.45) is -10.3. The predicted octanol–water partition coefficient (Wildman–Crippen LogP) is 2.87. The summed E-state index contributed by atoms with van der Waals surface area (Å²) in [4.78, 5) is 10.6. The van der Waals surface area contributed by atoms with Gasteiger partial charge in [-0.15, -0.1) is 0 Å². The van der Waals surface area contributed by atoms with Gasteiger partial charge >= 0.3 is 12.4 Å². The highest BCUT2D eigenvalue weighted by Crippen LogP contribution is 2.29. The van der Waals surface area contributed by atoms with Crippen LogP contribution in [-0.2, 0) is 9.53 Å². The molecule has 0 fully saturated rings. The molecule has 0 amide bonds. The summed E-state index contributed by atoms with van der Waals surface area (Å²) in [5.74, 6) is -0.639. The average molecular weight is 306 g/mol. The van der Waals surface area contributed by atoms with E-state index < -0.39 is 42.5 Å². The van der Waals surface area contributed by atoms with E-state index in [1.165, 1.54) is 0 Å². The number of hydrogen-bond donors (Lipinski definition) is 0. The summed E-state index contributed by atoms with van der Waals surface area (Å²) < 4.78 is 77.4. The van der Waals surface area contributed by atoms with Crippen LogP contribution in [0.15, 0.2) is 16.6 Å². The lowest BCUT2D eigenvalue weighted by Crippen LogP contribution is -2.33. The van der Waals surface area contributed by atoms with Gasteiger partial charge in [-0.25, -0.2) is 5.01 Å². The van der Waals surface area contributed by atoms with Gasteiger partial charge in [0.25, 0.3) is 0 Å². The third kappa shape index (κ3) is 4.74. The second-order valence-corrected chi connectivity index (χ2v) is 3.60. The number of halogens is 6. The van der Waals surface area contributed by atoms with Crippen LogP contribution >= 0.6 is 0 Å². The SMILES string of the molecule is C.CN1N=C(C(F)(F)F)CC(C=O)=C1OCC(F)(F)F. The summed E-state index contributed by atoms with van der Waals surface area (Å²) in [5, 5.41) is 3.51. The van der Waals surface area contributed by atoms with Crippen molar-refractivity contribution in [3.63, 3.8) is 0 Å². The molecule has 0 radical (unpaired) electrons. The number of hydrazone groups is 1. The van der Waals surface area contributed by atoms with Crippen LogP contribution in [0.4, 0.5) is 26.3 Å². The molecule has 20 heavy (non-hydrogen) atoms. The summed E-state index contributed by atoms with van der Waals surface area (Å²) in [6, 6.07) is 0. The molecule has 10 heteroatoms. The number of allylic oxidation sites excluding steroid dienone is 1. The molecule has 0 unspecified atom stereocenters. The summed E-state index contributed by atoms with van der Waals surface area (Å²) in [7, 11) is 0.958. The smallest absolute Gasteiger partial charge is 0.431 e. The molecule has 4 nitrogen and oxygen atoms in total. The molecule has 0 aromatic rings. The second kappa shape index (κ2) is 6.14. The van der Waals surface area contributed by atoms with Crippen LogP contribution in [-0.4, -0.2) is 43.0 Å². The number of aldehydes is 1. The fourth-order valence-corrected chi connectivity index (χ4v) is 1.31. The van der Waals surface area contributed by atoms with Gasteiger partial charge in [0, 0.05) is 13.5 Å². The topological polar surface area (TPSA) is 41.9 Å². The lowest BCUT2D eigenvalue weighted by molar-refractivity contribution is -0.170. The minimum absolute atomic E-state index is 0. The van der Waals surface area contributed by atoms with Crippen LogP contribution in [0.2, 0.25) is 0 Å². The van der Waals surface area contributed by atoms with Gasteiger partial charge in [-0.05, 0) is 0 Å². The van der Waals surface area contributed by atoms with Crippen LogP contribution in [0.1, 0.15) is 13.8 Å². The Morgan fingerprint density at radius 3 is 2.25 bits per heavy atom. The van der Waals surface area contributed by atoms with Crippen LogP contribution in [0, 0.1) is 0 Å². The van der Waals surface area contributed by atoms with E-state index in [9.17, 15) is 31.1 Å². The van der Waals surface area contributed by atoms with Crippen molar-refractivity contribution in [1.82, 2.24) is 5.01 Å². The average Bonchev–Trinajstić information content (AvgIpc) is 2.23. The molecule has 0 aromatic heterocycles. The van der Waals surface area contributed by atoms with E-state index in [4.69, 9.17) is 0 Å². The van der Waals surface area contributed by atoms with Crippen LogP contribution in [0.5, 0.6) is 0 Å². The normalized spacial score (nSPS) is 16.6. The Bertz CT molecular complexity index is 424. The molecule has 0 spiro atoms. The lowest BCUT2D eigenvalue weighted by Gasteiger charge is -2.26. The number of ether oxygens (including phenoxy) is 1. The standard InChI is InChI=1S/C9H8F6N2O2.CH4/c1-17-7(19-4-8(10,11)12)5(3-18)2-6(16-17)9(13,14)15;/h3H,2,4H2,1H3;1H4. The fraction of sp³-hybridized carbons (Fsp3) is 0.600. The highest BCUT2D eigenvalue weighted by molar-refractivity contribution is 5.97. The largest absolute Gasteiger partial charge is 0.468 e. The first-order chi connectivity index (χ1) is 8.54. The number of rotatable bonds is 3. The molecule has 1 aliphatic rings. The molecule has 0 atom stereocenters. The van der Waals surface area contributed by atoms with Crippen LogP contribution in [0.25, 0.3) is 0 Å². The monoisotopic (exact) mass is 306 g/mol. The van der Waals surface area contributed by atoms with Gasteiger partial charge < -0.3 is 4.74 Å². The number of hydrogen-bond acceptors (Lipinski definition) is 4. The number of alkyl halides is 6. The van der Waals surface area contributed by atoms with E-state index in [1.54, 1.807) is 0 Å². The van der Waals surface area contributed by atoms with Gasteiger partial charge in [0.15, 0.2) is 12.9 Å². The number of carbonyl (C=O) groups is 1. The van der Waals surface area contributed by atoms with Gasteiger partial charge in [-0.2, -0.15) is 31.4 Å². The molecule has 0 bridgehead atoms. The summed E-state index contributed by atoms with van der Waals surface area (Å²) >= 11 is 0. The molecular formula is C10H12F6N2O2. The van der Waals surface area contributed by atoms with Crippen molar-refractivity contribution < 1.29 is 35.9 Å². The Labute approximate surface area is 110 Å². The van der Waals surface area contributed by atoms with Gasteiger partial charge in [-0.3, -0.25) is 4.79 Å². The third-order valence-electron chi connectivity index (χ3n) is 2.04. The van der Waals surface area contributed by atoms with E-state index in [1.807, 2.05) is 0 Å². The molecule has 1 heterocycles. The number of carbonyl (C=O) groups excluding carboxylic acids is 1. The van der Waals surface area contributed by atoms with Crippen molar-refractivity contribution in [3.05, 3.63) is 11.5 Å². The highest BCUT2D eigenvalue weighted by Gasteiger charge is 2.40. The van der Waals surface area contributed by atoms with E-state index in [2.05, 4.69) is 9.84 Å². The zero-order valence-electron chi connectivity index (χ0n) is 9.47. The molecule has 0 N–H and O–H groups in total. The van der Waals surface area contributed by atoms with Crippen molar-refractivity contribution in [2.24, 2.45) is 5.10 Å². The van der Waals surface area contributed by atoms with Crippen LogP contribution < -0.4 is 0 Å². The Morgan fingerprint density at radius 2 is 1.85 bits per heavy atom. The van der Waals surface area contributed by atoms with E-state index in [-0.39, 0.29) is 13.7 Å². The first kappa shape index (κ1) is 18.3. The van der Waals surface area contributed by atoms with Gasteiger partial charge in [-0.1, -0.05) is 7.43 Å². The molecule has 0 aromatic carbocycles. The lowest BCUT2D eigenvalue weighted by atomic mass is 10.1. The van der Waals surface area contributed by atoms with E-state index in [0.717, 1.165) is 7.05 Å². The Kier molecular flexibility index (Phi) is 5.61. The molecule has 0 saturated carbocycles. The zero-order valence-corrected chi connectivity index (χ0v) is 9.47. The highest BCUT2D eigenvalue weighted by atomic mass is 19.4. The first-order valence-corrected chi connectivity index (χ1v) is 4.81. The van der Waals surface area contributed by atoms with Gasteiger partial charge in [0.2, 0.25) is 5.88 Å². The Morgan fingerprint density at radius 1 is 1.30 bits per heavy atom. The van der Waals surface area contributed by atoms with Crippen molar-refractivity contribution in [3.8, 4) is 0 Å². The quantitative estimate of drug-likeness (QED) is 0.595. The molecule has 0 saturated heterocycles. The van der Waals surface area contributed by atoms with Crippen molar-refractivity contribution >= 4 is 12.0 Å². The van der Waals surface area contributed by atoms with Gasteiger partial charge in [0.05, 0.1) is 5.57 Å². The predicted molar refractivity (Wildman–Crippen MR) is 57.7 cm³/mol. The minimum atomic E-state index is -4.77. The molecule has 1 rings (SSSR count). The van der Waals surface area contributed by atoms with Crippen molar-refractivity contribution in [2.75, 3.05) is 13.7 Å². The first-order valence-electron chi connectivity index (χ1n) is 4.81. The van der Waals surface area contributed by atoms with Crippen molar-refractivity contribution in [2.45, 2.75) is 26.2 Å². The maximum Gasteiger partial charge on any atom is 0.431 e. The van der Waals surface area contributed by atoms with Crippen molar-refractivity contribution in [1.29, 1.82) is 0 Å². The molecule has 116 valence electrons. The fourth-order valence-electron chi connectivity index (χ4n) is 1.31.